The summed E-state index contributed by atoms with van der Waals surface area (Å²) in [6.45, 7) is 3.52. The summed E-state index contributed by atoms with van der Waals surface area (Å²) in [5, 5.41) is 0.603. The minimum Gasteiger partial charge on any atom is -0.495 e. The molecule has 2 aromatic rings. The lowest BCUT2D eigenvalue weighted by molar-refractivity contribution is -0.119. The van der Waals surface area contributed by atoms with Gasteiger partial charge in [-0.3, -0.25) is 4.79 Å². The topological polar surface area (TPSA) is 62.1 Å². The number of amides is 1. The molecule has 6 nitrogen and oxygen atoms in total. The van der Waals surface area contributed by atoms with Gasteiger partial charge >= 0.3 is 5.91 Å². The molecule has 1 aliphatic rings. The summed E-state index contributed by atoms with van der Waals surface area (Å²) in [5.41, 5.74) is 0.846. The number of rotatable bonds is 4. The molecule has 8 heteroatoms. The summed E-state index contributed by atoms with van der Waals surface area (Å²) in [5.74, 6) is 0.338. The number of hydrogen-bond donors (Lipinski definition) is 0. The number of benzene rings is 1. The summed E-state index contributed by atoms with van der Waals surface area (Å²) in [6.07, 6.45) is 2.19. The van der Waals surface area contributed by atoms with Crippen LogP contribution in [0.3, 0.4) is 0 Å². The van der Waals surface area contributed by atoms with Crippen LogP contribution in [0.5, 0.6) is 5.75 Å². The van der Waals surface area contributed by atoms with Crippen LogP contribution in [0, 0.1) is 0 Å². The Morgan fingerprint density at radius 1 is 1.46 bits per heavy atom. The molecule has 0 aliphatic carbocycles. The normalized spacial score (nSPS) is 15.0. The van der Waals surface area contributed by atoms with Crippen molar-refractivity contribution in [2.45, 2.75) is 19.9 Å². The SMILES string of the molecule is CCCn1c(=NC(=O)C2=COCCO2)sc2c(Cl)ccc(OC)c21. The first-order chi connectivity index (χ1) is 11.7. The van der Waals surface area contributed by atoms with Crippen LogP contribution in [0.25, 0.3) is 10.2 Å². The van der Waals surface area contributed by atoms with Gasteiger partial charge in [0.1, 0.15) is 30.7 Å². The smallest absolute Gasteiger partial charge is 0.317 e. The number of ether oxygens (including phenoxy) is 3. The van der Waals surface area contributed by atoms with Crippen LogP contribution in [0.2, 0.25) is 5.02 Å². The first kappa shape index (κ1) is 16.9. The molecule has 1 aromatic heterocycles. The van der Waals surface area contributed by atoms with E-state index in [1.54, 1.807) is 13.2 Å². The lowest BCUT2D eigenvalue weighted by Gasteiger charge is -2.12. The van der Waals surface area contributed by atoms with E-state index in [-0.39, 0.29) is 5.76 Å². The van der Waals surface area contributed by atoms with Crippen molar-refractivity contribution in [2.75, 3.05) is 20.3 Å². The number of nitrogens with zero attached hydrogens (tertiary/aromatic N) is 2. The zero-order chi connectivity index (χ0) is 17.1. The van der Waals surface area contributed by atoms with Crippen LogP contribution in [-0.2, 0) is 20.8 Å². The van der Waals surface area contributed by atoms with Gasteiger partial charge in [0.25, 0.3) is 0 Å². The van der Waals surface area contributed by atoms with Crippen LogP contribution in [0.1, 0.15) is 13.3 Å². The van der Waals surface area contributed by atoms with Crippen LogP contribution in [0.15, 0.2) is 29.1 Å². The fourth-order valence-corrected chi connectivity index (χ4v) is 3.77. The molecule has 0 unspecified atom stereocenters. The third-order valence-corrected chi connectivity index (χ3v) is 5.00. The van der Waals surface area contributed by atoms with Gasteiger partial charge < -0.3 is 18.8 Å². The van der Waals surface area contributed by atoms with Crippen molar-refractivity contribution >= 4 is 39.1 Å². The van der Waals surface area contributed by atoms with E-state index >= 15 is 0 Å². The fraction of sp³-hybridized carbons (Fsp3) is 0.375. The minimum atomic E-state index is -0.471. The number of carbonyl (C=O) groups excluding carboxylic acids is 1. The molecule has 0 saturated heterocycles. The van der Waals surface area contributed by atoms with Gasteiger partial charge in [-0.05, 0) is 18.6 Å². The third kappa shape index (κ3) is 3.14. The first-order valence-corrected chi connectivity index (χ1v) is 8.74. The van der Waals surface area contributed by atoms with Crippen LogP contribution >= 0.6 is 22.9 Å². The maximum absolute atomic E-state index is 12.3. The van der Waals surface area contributed by atoms with Crippen LogP contribution in [-0.4, -0.2) is 30.8 Å². The van der Waals surface area contributed by atoms with Crippen molar-refractivity contribution in [3.63, 3.8) is 0 Å². The molecule has 1 aliphatic heterocycles. The average Bonchev–Trinajstić information content (AvgIpc) is 2.96. The highest BCUT2D eigenvalue weighted by atomic mass is 35.5. The molecule has 3 rings (SSSR count). The maximum atomic E-state index is 12.3. The number of thiazole rings is 1. The van der Waals surface area contributed by atoms with E-state index in [1.165, 1.54) is 17.6 Å². The Morgan fingerprint density at radius 3 is 2.96 bits per heavy atom. The highest BCUT2D eigenvalue weighted by Gasteiger charge is 2.18. The van der Waals surface area contributed by atoms with Crippen molar-refractivity contribution in [3.05, 3.63) is 34.0 Å². The molecular weight excluding hydrogens is 352 g/mol. The molecule has 0 radical (unpaired) electrons. The molecule has 24 heavy (non-hydrogen) atoms. The highest BCUT2D eigenvalue weighted by molar-refractivity contribution is 7.17. The van der Waals surface area contributed by atoms with E-state index in [2.05, 4.69) is 11.9 Å². The third-order valence-electron chi connectivity index (χ3n) is 3.46. The Kier molecular flexibility index (Phi) is 5.11. The molecule has 0 fully saturated rings. The summed E-state index contributed by atoms with van der Waals surface area (Å²) in [7, 11) is 1.61. The predicted octanol–water partition coefficient (Wildman–Crippen LogP) is 3.09. The number of methoxy groups -OCH3 is 1. The number of fused-ring (bicyclic) bond motifs is 1. The molecule has 2 heterocycles. The number of aromatic nitrogens is 1. The molecule has 0 saturated carbocycles. The van der Waals surface area contributed by atoms with Crippen molar-refractivity contribution in [1.29, 1.82) is 0 Å². The number of halogens is 1. The Hall–Kier alpha value is -1.99. The van der Waals surface area contributed by atoms with Gasteiger partial charge in [0, 0.05) is 6.54 Å². The Balaban J connectivity index is 2.18. The number of hydrogen-bond acceptors (Lipinski definition) is 5. The van der Waals surface area contributed by atoms with E-state index in [4.69, 9.17) is 25.8 Å². The predicted molar refractivity (Wildman–Crippen MR) is 92.2 cm³/mol. The van der Waals surface area contributed by atoms with Gasteiger partial charge in [-0.1, -0.05) is 29.9 Å². The van der Waals surface area contributed by atoms with Gasteiger partial charge in [0.15, 0.2) is 4.80 Å². The summed E-state index contributed by atoms with van der Waals surface area (Å²) in [6, 6.07) is 3.59. The zero-order valence-corrected chi connectivity index (χ0v) is 14.9. The minimum absolute atomic E-state index is 0.111. The lowest BCUT2D eigenvalue weighted by atomic mass is 10.3. The Labute approximate surface area is 147 Å². The largest absolute Gasteiger partial charge is 0.495 e. The fourth-order valence-electron chi connectivity index (χ4n) is 2.42. The number of aryl methyl sites for hydroxylation is 1. The molecule has 0 N–H and O–H groups in total. The molecular formula is C16H17ClN2O4S. The Morgan fingerprint density at radius 2 is 2.29 bits per heavy atom. The maximum Gasteiger partial charge on any atom is 0.317 e. The van der Waals surface area contributed by atoms with Gasteiger partial charge in [-0.15, -0.1) is 0 Å². The zero-order valence-electron chi connectivity index (χ0n) is 13.4. The van der Waals surface area contributed by atoms with E-state index in [0.717, 1.165) is 16.6 Å². The standard InChI is InChI=1S/C16H17ClN2O4S/c1-3-6-19-13-11(21-2)5-4-10(17)14(13)24-16(19)18-15(20)12-9-22-7-8-23-12/h4-5,9H,3,6-8H2,1-2H3. The van der Waals surface area contributed by atoms with Gasteiger partial charge in [0.05, 0.1) is 16.8 Å². The molecule has 1 aromatic carbocycles. The highest BCUT2D eigenvalue weighted by Crippen LogP contribution is 2.33. The first-order valence-electron chi connectivity index (χ1n) is 7.55. The van der Waals surface area contributed by atoms with Gasteiger partial charge in [-0.25, -0.2) is 0 Å². The van der Waals surface area contributed by atoms with E-state index in [9.17, 15) is 4.79 Å². The second-order valence-corrected chi connectivity index (χ2v) is 6.47. The quantitative estimate of drug-likeness (QED) is 0.832. The summed E-state index contributed by atoms with van der Waals surface area (Å²) < 4.78 is 18.7. The van der Waals surface area contributed by atoms with Crippen molar-refractivity contribution in [3.8, 4) is 5.75 Å². The van der Waals surface area contributed by atoms with E-state index < -0.39 is 5.91 Å². The monoisotopic (exact) mass is 368 g/mol. The molecule has 0 bridgehead atoms. The Bertz CT molecular complexity index is 869. The molecule has 0 spiro atoms. The average molecular weight is 369 g/mol. The van der Waals surface area contributed by atoms with Crippen LogP contribution in [0.4, 0.5) is 0 Å². The lowest BCUT2D eigenvalue weighted by Crippen LogP contribution is -2.20. The van der Waals surface area contributed by atoms with Crippen LogP contribution < -0.4 is 9.54 Å². The molecule has 0 atom stereocenters. The second-order valence-electron chi connectivity index (χ2n) is 5.08. The van der Waals surface area contributed by atoms with E-state index in [1.807, 2.05) is 10.6 Å². The van der Waals surface area contributed by atoms with Crippen molar-refractivity contribution in [1.82, 2.24) is 4.57 Å². The molecule has 128 valence electrons. The van der Waals surface area contributed by atoms with E-state index in [0.29, 0.717) is 35.3 Å². The summed E-state index contributed by atoms with van der Waals surface area (Å²) >= 11 is 7.67. The van der Waals surface area contributed by atoms with Gasteiger partial charge in [0.2, 0.25) is 5.76 Å². The number of carbonyl (C=O) groups is 1. The second kappa shape index (κ2) is 7.27. The van der Waals surface area contributed by atoms with Crippen molar-refractivity contribution < 1.29 is 19.0 Å². The molecule has 1 amide bonds. The van der Waals surface area contributed by atoms with Gasteiger partial charge in [-0.2, -0.15) is 4.99 Å². The van der Waals surface area contributed by atoms with Crippen molar-refractivity contribution in [2.24, 2.45) is 4.99 Å². The summed E-state index contributed by atoms with van der Waals surface area (Å²) in [4.78, 5) is 17.1.